The van der Waals surface area contributed by atoms with E-state index in [1.54, 1.807) is 6.92 Å². The fourth-order valence-electron chi connectivity index (χ4n) is 0.383. The first kappa shape index (κ1) is 9.40. The van der Waals surface area contributed by atoms with Gasteiger partial charge >= 0.3 is 0 Å². The van der Waals surface area contributed by atoms with Crippen LogP contribution in [0.2, 0.25) is 0 Å². The lowest BCUT2D eigenvalue weighted by Crippen LogP contribution is -2.18. The molecule has 3 heteroatoms. The Bertz CT molecular complexity index is 101. The summed E-state index contributed by atoms with van der Waals surface area (Å²) in [5.41, 5.74) is 0. The minimum Gasteiger partial charge on any atom is -0.393 e. The Kier molecular flexibility index (Phi) is 4.44. The highest BCUT2D eigenvalue weighted by atomic mass is 32.2. The minimum absolute atomic E-state index is 0.134. The molecule has 0 aromatic rings. The summed E-state index contributed by atoms with van der Waals surface area (Å²) < 4.78 is 0.880. The molecule has 0 unspecified atom stereocenters. The van der Waals surface area contributed by atoms with Crippen molar-refractivity contribution in [1.82, 2.24) is 0 Å². The maximum atomic E-state index is 9.02. The van der Waals surface area contributed by atoms with Gasteiger partial charge in [-0.1, -0.05) is 19.1 Å². The van der Waals surface area contributed by atoms with Crippen molar-refractivity contribution in [3.63, 3.8) is 0 Å². The second-order valence-electron chi connectivity index (χ2n) is 2.05. The van der Waals surface area contributed by atoms with Crippen LogP contribution in [0.3, 0.4) is 0 Å². The normalized spacial score (nSPS) is 16.9. The Hall–Kier alpha value is 0.400. The topological polar surface area (TPSA) is 20.2 Å². The van der Waals surface area contributed by atoms with E-state index < -0.39 is 0 Å². The Morgan fingerprint density at radius 2 is 2.00 bits per heavy atom. The van der Waals surface area contributed by atoms with Crippen LogP contribution in [0, 0.1) is 5.92 Å². The maximum absolute atomic E-state index is 9.02. The van der Waals surface area contributed by atoms with Crippen molar-refractivity contribution in [3.8, 4) is 0 Å². The van der Waals surface area contributed by atoms with Gasteiger partial charge in [-0.05, 0) is 13.2 Å². The molecular weight excluding hydrogens is 152 g/mol. The van der Waals surface area contributed by atoms with Gasteiger partial charge in [0.05, 0.1) is 10.3 Å². The number of hydrogen-bond donors (Lipinski definition) is 1. The van der Waals surface area contributed by atoms with Crippen molar-refractivity contribution < 1.29 is 5.11 Å². The number of rotatable bonds is 2. The zero-order valence-corrected chi connectivity index (χ0v) is 7.55. The summed E-state index contributed by atoms with van der Waals surface area (Å²) in [5, 5.41) is 9.02. The monoisotopic (exact) mass is 164 g/mol. The zero-order chi connectivity index (χ0) is 7.44. The van der Waals surface area contributed by atoms with E-state index in [-0.39, 0.29) is 12.0 Å². The molecule has 0 amide bonds. The smallest absolute Gasteiger partial charge is 0.0591 e. The number of thioether (sulfide) groups is 1. The first-order chi connectivity index (χ1) is 4.09. The van der Waals surface area contributed by atoms with Crippen molar-refractivity contribution in [1.29, 1.82) is 0 Å². The van der Waals surface area contributed by atoms with E-state index in [1.807, 2.05) is 13.2 Å². The van der Waals surface area contributed by atoms with Gasteiger partial charge in [-0.15, -0.1) is 11.8 Å². The third-order valence-corrected chi connectivity index (χ3v) is 2.94. The van der Waals surface area contributed by atoms with Crippen molar-refractivity contribution >= 4 is 28.2 Å². The third kappa shape index (κ3) is 3.18. The molecule has 0 aliphatic carbocycles. The summed E-state index contributed by atoms with van der Waals surface area (Å²) in [6.45, 7) is 3.69. The Balaban J connectivity index is 3.72. The predicted molar refractivity (Wildman–Crippen MR) is 47.0 cm³/mol. The van der Waals surface area contributed by atoms with Crippen LogP contribution in [0.25, 0.3) is 0 Å². The second-order valence-corrected chi connectivity index (χ2v) is 3.60. The lowest BCUT2D eigenvalue weighted by molar-refractivity contribution is 0.167. The quantitative estimate of drug-likeness (QED) is 0.627. The first-order valence-corrected chi connectivity index (χ1v) is 4.48. The van der Waals surface area contributed by atoms with Crippen molar-refractivity contribution in [3.05, 3.63) is 0 Å². The minimum atomic E-state index is -0.315. The average molecular weight is 164 g/mol. The van der Waals surface area contributed by atoms with Gasteiger partial charge in [0, 0.05) is 5.92 Å². The van der Waals surface area contributed by atoms with E-state index in [9.17, 15) is 0 Å². The van der Waals surface area contributed by atoms with Crippen LogP contribution >= 0.6 is 24.0 Å². The lowest BCUT2D eigenvalue weighted by atomic mass is 10.1. The zero-order valence-electron chi connectivity index (χ0n) is 5.92. The number of hydrogen-bond acceptors (Lipinski definition) is 3. The van der Waals surface area contributed by atoms with E-state index in [1.165, 1.54) is 11.8 Å². The van der Waals surface area contributed by atoms with E-state index in [0.29, 0.717) is 0 Å². The molecule has 54 valence electrons. The molecule has 0 rings (SSSR count). The molecule has 0 bridgehead atoms. The van der Waals surface area contributed by atoms with Crippen molar-refractivity contribution in [2.45, 2.75) is 20.0 Å². The van der Waals surface area contributed by atoms with Gasteiger partial charge in [-0.2, -0.15) is 0 Å². The van der Waals surface area contributed by atoms with Gasteiger partial charge in [0.25, 0.3) is 0 Å². The molecule has 0 radical (unpaired) electrons. The van der Waals surface area contributed by atoms with Gasteiger partial charge in [0.2, 0.25) is 0 Å². The van der Waals surface area contributed by atoms with E-state index >= 15 is 0 Å². The van der Waals surface area contributed by atoms with Crippen LogP contribution < -0.4 is 0 Å². The molecule has 9 heavy (non-hydrogen) atoms. The van der Waals surface area contributed by atoms with Gasteiger partial charge in [-0.25, -0.2) is 0 Å². The summed E-state index contributed by atoms with van der Waals surface area (Å²) in [4.78, 5) is 0. The molecule has 0 spiro atoms. The Morgan fingerprint density at radius 1 is 1.56 bits per heavy atom. The first-order valence-electron chi connectivity index (χ1n) is 2.85. The van der Waals surface area contributed by atoms with Crippen LogP contribution in [0.15, 0.2) is 0 Å². The molecule has 1 N–H and O–H groups in total. The molecule has 0 aromatic carbocycles. The van der Waals surface area contributed by atoms with Crippen LogP contribution in [0.5, 0.6) is 0 Å². The molecule has 0 aliphatic rings. The molecule has 2 atom stereocenters. The molecule has 1 nitrogen and oxygen atoms in total. The largest absolute Gasteiger partial charge is 0.393 e. The van der Waals surface area contributed by atoms with E-state index in [2.05, 4.69) is 0 Å². The summed E-state index contributed by atoms with van der Waals surface area (Å²) in [6.07, 6.45) is 1.62. The Labute approximate surface area is 65.8 Å². The number of thiocarbonyl (C=S) groups is 1. The molecular formula is C6H12OS2. The van der Waals surface area contributed by atoms with Gasteiger partial charge in [-0.3, -0.25) is 0 Å². The maximum Gasteiger partial charge on any atom is 0.0591 e. The van der Waals surface area contributed by atoms with Crippen LogP contribution in [-0.4, -0.2) is 21.7 Å². The summed E-state index contributed by atoms with van der Waals surface area (Å²) in [7, 11) is 0. The third-order valence-electron chi connectivity index (χ3n) is 1.30. The van der Waals surface area contributed by atoms with Gasteiger partial charge in [0.1, 0.15) is 0 Å². The van der Waals surface area contributed by atoms with Gasteiger partial charge in [0.15, 0.2) is 0 Å². The highest BCUT2D eigenvalue weighted by molar-refractivity contribution is 8.22. The standard InChI is InChI=1S/C6H12OS2/c1-4(5(2)7)6(8)9-3/h4-5,7H,1-3H3/t4-,5-/m1/s1. The fraction of sp³-hybridized carbons (Fsp3) is 0.833. The molecule has 0 saturated heterocycles. The highest BCUT2D eigenvalue weighted by Crippen LogP contribution is 2.13. The molecule has 0 aromatic heterocycles. The number of aliphatic hydroxyl groups excluding tert-OH is 1. The van der Waals surface area contributed by atoms with Crippen LogP contribution in [0.4, 0.5) is 0 Å². The SMILES string of the molecule is CSC(=S)[C@H](C)[C@@H](C)O. The van der Waals surface area contributed by atoms with Crippen molar-refractivity contribution in [2.75, 3.05) is 6.26 Å². The van der Waals surface area contributed by atoms with Crippen LogP contribution in [0.1, 0.15) is 13.8 Å². The highest BCUT2D eigenvalue weighted by Gasteiger charge is 2.12. The van der Waals surface area contributed by atoms with E-state index in [0.717, 1.165) is 4.20 Å². The fourth-order valence-corrected chi connectivity index (χ4v) is 1.15. The molecule has 0 aliphatic heterocycles. The molecule has 0 fully saturated rings. The second kappa shape index (κ2) is 4.25. The van der Waals surface area contributed by atoms with E-state index in [4.69, 9.17) is 17.3 Å². The molecule has 0 heterocycles. The summed E-state index contributed by atoms with van der Waals surface area (Å²) >= 11 is 6.49. The predicted octanol–water partition coefficient (Wildman–Crippen LogP) is 1.69. The summed E-state index contributed by atoms with van der Waals surface area (Å²) in [6, 6.07) is 0. The van der Waals surface area contributed by atoms with Crippen molar-refractivity contribution in [2.24, 2.45) is 5.92 Å². The summed E-state index contributed by atoms with van der Waals surface area (Å²) in [5.74, 6) is 0.134. The number of aliphatic hydroxyl groups is 1. The van der Waals surface area contributed by atoms with Crippen LogP contribution in [-0.2, 0) is 0 Å². The Morgan fingerprint density at radius 3 is 2.11 bits per heavy atom. The molecule has 0 saturated carbocycles. The van der Waals surface area contributed by atoms with Gasteiger partial charge < -0.3 is 5.11 Å². The lowest BCUT2D eigenvalue weighted by Gasteiger charge is -2.12. The average Bonchev–Trinajstić information content (AvgIpc) is 1.84.